The SMILES string of the molecule is CC(C)CCCCCC(=O)OCC(CO)(COCC(COC(=O)CCCCCC(C)C)(COC(=O)CCCCCC(C)C)COC(=O)CCCCCC(C)C)COC(=O)CCCCCC(C)C. The normalized spacial score (nSPS) is 12.1. The second-order valence-corrected chi connectivity index (χ2v) is 21.9. The van der Waals surface area contributed by atoms with Crippen LogP contribution in [0.5, 0.6) is 0 Å². The lowest BCUT2D eigenvalue weighted by atomic mass is 9.90. The molecule has 0 fully saturated rings. The van der Waals surface area contributed by atoms with Crippen molar-refractivity contribution in [2.45, 2.75) is 230 Å². The fourth-order valence-corrected chi connectivity index (χ4v) is 7.52. The zero-order valence-electron chi connectivity index (χ0n) is 44.7. The summed E-state index contributed by atoms with van der Waals surface area (Å²) in [7, 11) is 0. The molecule has 0 spiro atoms. The molecule has 12 nitrogen and oxygen atoms in total. The number of unbranched alkanes of at least 4 members (excludes halogenated alkanes) is 10. The molecule has 0 saturated heterocycles. The average Bonchev–Trinajstić information content (AvgIpc) is 3.26. The number of ether oxygens (including phenoxy) is 6. The minimum Gasteiger partial charge on any atom is -0.465 e. The lowest BCUT2D eigenvalue weighted by molar-refractivity contribution is -0.172. The van der Waals surface area contributed by atoms with E-state index in [0.29, 0.717) is 61.7 Å². The summed E-state index contributed by atoms with van der Waals surface area (Å²) < 4.78 is 35.5. The molecule has 67 heavy (non-hydrogen) atoms. The van der Waals surface area contributed by atoms with Crippen molar-refractivity contribution in [1.82, 2.24) is 0 Å². The fraction of sp³-hybridized carbons (Fsp3) is 0.909. The van der Waals surface area contributed by atoms with Gasteiger partial charge >= 0.3 is 29.8 Å². The third kappa shape index (κ3) is 38.8. The second-order valence-electron chi connectivity index (χ2n) is 21.9. The monoisotopic (exact) mass is 955 g/mol. The van der Waals surface area contributed by atoms with Gasteiger partial charge in [0.2, 0.25) is 0 Å². The summed E-state index contributed by atoms with van der Waals surface area (Å²) in [5.41, 5.74) is -2.65. The van der Waals surface area contributed by atoms with Gasteiger partial charge in [-0.15, -0.1) is 0 Å². The van der Waals surface area contributed by atoms with Crippen LogP contribution in [-0.2, 0) is 52.4 Å². The summed E-state index contributed by atoms with van der Waals surface area (Å²) in [6, 6.07) is 0. The van der Waals surface area contributed by atoms with E-state index < -0.39 is 47.3 Å². The highest BCUT2D eigenvalue weighted by molar-refractivity contribution is 5.71. The van der Waals surface area contributed by atoms with Crippen molar-refractivity contribution in [1.29, 1.82) is 0 Å². The smallest absolute Gasteiger partial charge is 0.305 e. The van der Waals surface area contributed by atoms with Crippen LogP contribution >= 0.6 is 0 Å². The molecule has 0 aliphatic carbocycles. The number of hydrogen-bond donors (Lipinski definition) is 1. The quantitative estimate of drug-likeness (QED) is 0.0350. The van der Waals surface area contributed by atoms with Crippen molar-refractivity contribution in [3.05, 3.63) is 0 Å². The van der Waals surface area contributed by atoms with Crippen molar-refractivity contribution in [2.75, 3.05) is 52.9 Å². The van der Waals surface area contributed by atoms with Gasteiger partial charge in [-0.05, 0) is 61.7 Å². The molecule has 0 unspecified atom stereocenters. The van der Waals surface area contributed by atoms with Gasteiger partial charge in [0.25, 0.3) is 0 Å². The molecule has 0 rings (SSSR count). The molecule has 0 atom stereocenters. The van der Waals surface area contributed by atoms with E-state index in [4.69, 9.17) is 28.4 Å². The first kappa shape index (κ1) is 64.3. The Hall–Kier alpha value is -2.73. The molecule has 0 aliphatic heterocycles. The van der Waals surface area contributed by atoms with E-state index in [9.17, 15) is 29.1 Å². The lowest BCUT2D eigenvalue weighted by Gasteiger charge is -2.35. The van der Waals surface area contributed by atoms with Gasteiger partial charge in [0.1, 0.15) is 33.0 Å². The molecule has 1 N–H and O–H groups in total. The highest BCUT2D eigenvalue weighted by Gasteiger charge is 2.40. The molecule has 12 heteroatoms. The van der Waals surface area contributed by atoms with Crippen molar-refractivity contribution in [2.24, 2.45) is 40.4 Å². The Kier molecular flexibility index (Phi) is 38.4. The number of carbonyl (C=O) groups is 5. The van der Waals surface area contributed by atoms with E-state index in [1.165, 1.54) is 0 Å². The summed E-state index contributed by atoms with van der Waals surface area (Å²) in [6.07, 6.45) is 19.3. The molecule has 0 aromatic heterocycles. The molecule has 394 valence electrons. The van der Waals surface area contributed by atoms with Gasteiger partial charge in [-0.3, -0.25) is 24.0 Å². The zero-order chi connectivity index (χ0) is 50.4. The molecule has 0 aromatic rings. The molecule has 0 aromatic carbocycles. The van der Waals surface area contributed by atoms with Crippen LogP contribution < -0.4 is 0 Å². The standard InChI is InChI=1S/C55H102O12/c1-44(2)26-16-11-21-31-49(57)63-39-54(36-56,40-64-50(58)32-22-12-17-27-45(3)4)37-62-38-55(41-65-51(59)33-23-13-18-28-46(5)6,42-66-52(60)34-24-14-19-29-47(7)8)43-67-53(61)35-25-15-20-30-48(9)10/h44-48,56H,11-43H2,1-10H3. The maximum Gasteiger partial charge on any atom is 0.305 e. The number of aliphatic hydroxyl groups excluding tert-OH is 1. The summed E-state index contributed by atoms with van der Waals surface area (Å²) in [6.45, 7) is 19.4. The van der Waals surface area contributed by atoms with Crippen LogP contribution in [0.1, 0.15) is 230 Å². The predicted molar refractivity (Wildman–Crippen MR) is 267 cm³/mol. The van der Waals surface area contributed by atoms with Crippen molar-refractivity contribution in [3.63, 3.8) is 0 Å². The Morgan fingerprint density at radius 1 is 0.313 bits per heavy atom. The van der Waals surface area contributed by atoms with Crippen LogP contribution in [0.15, 0.2) is 0 Å². The Balaban J connectivity index is 6.44. The van der Waals surface area contributed by atoms with Crippen LogP contribution in [0.2, 0.25) is 0 Å². The average molecular weight is 955 g/mol. The molecule has 0 amide bonds. The Bertz CT molecular complexity index is 1160. The van der Waals surface area contributed by atoms with E-state index in [0.717, 1.165) is 96.3 Å². The lowest BCUT2D eigenvalue weighted by Crippen LogP contribution is -2.46. The predicted octanol–water partition coefficient (Wildman–Crippen LogP) is 12.7. The maximum atomic E-state index is 13.2. The van der Waals surface area contributed by atoms with Gasteiger partial charge < -0.3 is 33.5 Å². The molecule has 0 radical (unpaired) electrons. The van der Waals surface area contributed by atoms with Crippen LogP contribution in [0.4, 0.5) is 0 Å². The van der Waals surface area contributed by atoms with Gasteiger partial charge in [-0.2, -0.15) is 0 Å². The van der Waals surface area contributed by atoms with E-state index in [1.54, 1.807) is 0 Å². The minimum absolute atomic E-state index is 0.209. The molecule has 0 aliphatic rings. The number of esters is 5. The number of carbonyl (C=O) groups excluding carboxylic acids is 5. The van der Waals surface area contributed by atoms with Crippen molar-refractivity contribution >= 4 is 29.8 Å². The largest absolute Gasteiger partial charge is 0.465 e. The van der Waals surface area contributed by atoms with Crippen LogP contribution in [0.3, 0.4) is 0 Å². The van der Waals surface area contributed by atoms with Gasteiger partial charge in [-0.1, -0.05) is 166 Å². The first-order chi connectivity index (χ1) is 31.8. The third-order valence-corrected chi connectivity index (χ3v) is 12.2. The van der Waals surface area contributed by atoms with Gasteiger partial charge in [0, 0.05) is 32.1 Å². The van der Waals surface area contributed by atoms with E-state index in [2.05, 4.69) is 69.2 Å². The zero-order valence-corrected chi connectivity index (χ0v) is 44.7. The highest BCUT2D eigenvalue weighted by atomic mass is 16.6. The molecule has 0 bridgehead atoms. The van der Waals surface area contributed by atoms with Gasteiger partial charge in [0.15, 0.2) is 0 Å². The summed E-state index contributed by atoms with van der Waals surface area (Å²) in [5, 5.41) is 10.9. The van der Waals surface area contributed by atoms with Crippen molar-refractivity contribution < 1.29 is 57.5 Å². The Morgan fingerprint density at radius 3 is 0.731 bits per heavy atom. The summed E-state index contributed by atoms with van der Waals surface area (Å²) in [4.78, 5) is 65.6. The topological polar surface area (TPSA) is 161 Å². The maximum absolute atomic E-state index is 13.2. The van der Waals surface area contributed by atoms with E-state index in [1.807, 2.05) is 0 Å². The van der Waals surface area contributed by atoms with Crippen LogP contribution in [-0.4, -0.2) is 87.8 Å². The molecular weight excluding hydrogens is 853 g/mol. The van der Waals surface area contributed by atoms with E-state index >= 15 is 0 Å². The first-order valence-electron chi connectivity index (χ1n) is 26.8. The van der Waals surface area contributed by atoms with Crippen LogP contribution in [0.25, 0.3) is 0 Å². The number of rotatable bonds is 45. The number of aliphatic hydroxyl groups is 1. The van der Waals surface area contributed by atoms with E-state index in [-0.39, 0.29) is 78.4 Å². The number of hydrogen-bond acceptors (Lipinski definition) is 12. The second kappa shape index (κ2) is 40.0. The van der Waals surface area contributed by atoms with Gasteiger partial charge in [0.05, 0.1) is 30.7 Å². The summed E-state index contributed by atoms with van der Waals surface area (Å²) >= 11 is 0. The molecular formula is C55H102O12. The molecule has 0 saturated carbocycles. The van der Waals surface area contributed by atoms with Gasteiger partial charge in [-0.25, -0.2) is 0 Å². The minimum atomic E-state index is -1.33. The Labute approximate surface area is 409 Å². The molecule has 0 heterocycles. The summed E-state index contributed by atoms with van der Waals surface area (Å²) in [5.74, 6) is 0.817. The van der Waals surface area contributed by atoms with Crippen LogP contribution in [0, 0.1) is 40.4 Å². The van der Waals surface area contributed by atoms with Crippen molar-refractivity contribution in [3.8, 4) is 0 Å². The first-order valence-corrected chi connectivity index (χ1v) is 26.8. The third-order valence-electron chi connectivity index (χ3n) is 12.2. The Morgan fingerprint density at radius 2 is 0.522 bits per heavy atom. The fourth-order valence-electron chi connectivity index (χ4n) is 7.52. The highest BCUT2D eigenvalue weighted by Crippen LogP contribution is 2.27.